The van der Waals surface area contributed by atoms with E-state index in [0.717, 1.165) is 15.6 Å². The molecule has 0 bridgehead atoms. The van der Waals surface area contributed by atoms with E-state index in [0.29, 0.717) is 25.4 Å². The van der Waals surface area contributed by atoms with Crippen LogP contribution >= 0.6 is 15.9 Å². The Labute approximate surface area is 173 Å². The van der Waals surface area contributed by atoms with Crippen LogP contribution in [-0.2, 0) is 4.79 Å². The topological polar surface area (TPSA) is 42.4 Å². The van der Waals surface area contributed by atoms with Crippen LogP contribution in [0.2, 0.25) is 0 Å². The first kappa shape index (κ1) is 18.7. The monoisotopic (exact) mass is 436 g/mol. The Kier molecular flexibility index (Phi) is 5.72. The highest BCUT2D eigenvalue weighted by molar-refractivity contribution is 9.10. The molecule has 0 unspecified atom stereocenters. The summed E-state index contributed by atoms with van der Waals surface area (Å²) < 4.78 is 6.71. The molecule has 4 rings (SSSR count). The smallest absolute Gasteiger partial charge is 0.228 e. The summed E-state index contributed by atoms with van der Waals surface area (Å²) in [7, 11) is 0. The Morgan fingerprint density at radius 3 is 2.18 bits per heavy atom. The van der Waals surface area contributed by atoms with Gasteiger partial charge in [-0.3, -0.25) is 4.79 Å². The lowest BCUT2D eigenvalue weighted by Gasteiger charge is -2.39. The van der Waals surface area contributed by atoms with Crippen LogP contribution in [0.3, 0.4) is 0 Å². The van der Waals surface area contributed by atoms with Crippen LogP contribution in [0, 0.1) is 0 Å². The van der Waals surface area contributed by atoms with Crippen molar-refractivity contribution in [2.45, 2.75) is 18.4 Å². The number of halogens is 1. The largest absolute Gasteiger partial charge is 0.470 e. The molecule has 0 saturated carbocycles. The molecule has 0 radical (unpaired) electrons. The number of carbonyl (C=O) groups is 1. The van der Waals surface area contributed by atoms with Gasteiger partial charge in [-0.1, -0.05) is 60.7 Å². The highest BCUT2D eigenvalue weighted by Gasteiger charge is 2.34. The van der Waals surface area contributed by atoms with Crippen LogP contribution in [-0.4, -0.2) is 35.0 Å². The van der Waals surface area contributed by atoms with Gasteiger partial charge in [0, 0.05) is 18.5 Å². The number of ether oxygens (including phenoxy) is 1. The number of hydrogen-bond acceptors (Lipinski definition) is 3. The van der Waals surface area contributed by atoms with E-state index in [1.54, 1.807) is 6.20 Å². The number of pyridine rings is 1. The summed E-state index contributed by atoms with van der Waals surface area (Å²) in [5.41, 5.74) is 2.32. The third-order valence-corrected chi connectivity index (χ3v) is 5.59. The van der Waals surface area contributed by atoms with Gasteiger partial charge in [0.2, 0.25) is 11.8 Å². The number of hydrogen-bond donors (Lipinski definition) is 0. The molecule has 2 aromatic carbocycles. The predicted octanol–water partition coefficient (Wildman–Crippen LogP) is 4.66. The van der Waals surface area contributed by atoms with Gasteiger partial charge in [0.1, 0.15) is 6.10 Å². The number of aromatic nitrogens is 1. The summed E-state index contributed by atoms with van der Waals surface area (Å²) in [6, 6.07) is 24.2. The molecule has 5 heteroatoms. The highest BCUT2D eigenvalue weighted by atomic mass is 79.9. The Balaban J connectivity index is 1.40. The fourth-order valence-corrected chi connectivity index (χ4v) is 3.78. The first-order chi connectivity index (χ1) is 13.7. The molecule has 0 aliphatic carbocycles. The molecule has 4 nitrogen and oxygen atoms in total. The zero-order chi connectivity index (χ0) is 19.3. The van der Waals surface area contributed by atoms with Gasteiger partial charge in [0.05, 0.1) is 17.6 Å². The summed E-state index contributed by atoms with van der Waals surface area (Å²) in [6.07, 6.45) is 2.14. The summed E-state index contributed by atoms with van der Waals surface area (Å²) in [5, 5.41) is 0. The van der Waals surface area contributed by atoms with Crippen molar-refractivity contribution in [2.75, 3.05) is 13.1 Å². The number of carbonyl (C=O) groups excluding carboxylic acids is 1. The molecule has 1 aliphatic rings. The van der Waals surface area contributed by atoms with Crippen molar-refractivity contribution < 1.29 is 9.53 Å². The maximum absolute atomic E-state index is 12.9. The normalized spacial score (nSPS) is 14.0. The lowest BCUT2D eigenvalue weighted by Crippen LogP contribution is -2.56. The van der Waals surface area contributed by atoms with Crippen LogP contribution in [0.25, 0.3) is 0 Å². The van der Waals surface area contributed by atoms with Gasteiger partial charge in [-0.25, -0.2) is 4.98 Å². The van der Waals surface area contributed by atoms with Crippen LogP contribution in [0.5, 0.6) is 5.88 Å². The first-order valence-electron chi connectivity index (χ1n) is 9.35. The summed E-state index contributed by atoms with van der Waals surface area (Å²) in [4.78, 5) is 19.0. The zero-order valence-corrected chi connectivity index (χ0v) is 17.0. The second-order valence-corrected chi connectivity index (χ2v) is 7.76. The van der Waals surface area contributed by atoms with E-state index in [4.69, 9.17) is 4.74 Å². The van der Waals surface area contributed by atoms with Crippen molar-refractivity contribution >= 4 is 21.8 Å². The van der Waals surface area contributed by atoms with Gasteiger partial charge in [-0.05, 0) is 39.2 Å². The molecule has 1 amide bonds. The Hall–Kier alpha value is -2.66. The fourth-order valence-electron chi connectivity index (χ4n) is 3.43. The molecule has 0 atom stereocenters. The molecule has 0 N–H and O–H groups in total. The quantitative estimate of drug-likeness (QED) is 0.564. The summed E-state index contributed by atoms with van der Waals surface area (Å²) in [5.74, 6) is 0.781. The van der Waals surface area contributed by atoms with Crippen LogP contribution in [0.15, 0.2) is 83.5 Å². The second kappa shape index (κ2) is 8.57. The Morgan fingerprint density at radius 2 is 1.61 bits per heavy atom. The number of likely N-dealkylation sites (tertiary alicyclic amines) is 1. The molecule has 1 fully saturated rings. The SMILES string of the molecule is O=C(CC(c1ccccc1)c1ccccc1)N1CC(Oc2ncccc2Br)C1. The number of rotatable bonds is 6. The summed E-state index contributed by atoms with van der Waals surface area (Å²) >= 11 is 3.44. The van der Waals surface area contributed by atoms with Crippen LogP contribution < -0.4 is 4.74 Å². The van der Waals surface area contributed by atoms with E-state index in [1.165, 1.54) is 0 Å². The van der Waals surface area contributed by atoms with E-state index in [-0.39, 0.29) is 17.9 Å². The van der Waals surface area contributed by atoms with E-state index < -0.39 is 0 Å². The molecule has 1 aromatic heterocycles. The molecular formula is C23H21BrN2O2. The van der Waals surface area contributed by atoms with Crippen molar-refractivity contribution in [1.29, 1.82) is 0 Å². The van der Waals surface area contributed by atoms with Gasteiger partial charge < -0.3 is 9.64 Å². The van der Waals surface area contributed by atoms with Crippen molar-refractivity contribution in [1.82, 2.24) is 9.88 Å². The van der Waals surface area contributed by atoms with Gasteiger partial charge >= 0.3 is 0 Å². The molecule has 142 valence electrons. The van der Waals surface area contributed by atoms with Crippen LogP contribution in [0.1, 0.15) is 23.5 Å². The molecule has 2 heterocycles. The van der Waals surface area contributed by atoms with Crippen molar-refractivity contribution in [3.8, 4) is 5.88 Å². The molecule has 0 spiro atoms. The molecule has 1 aliphatic heterocycles. The second-order valence-electron chi connectivity index (χ2n) is 6.91. The predicted molar refractivity (Wildman–Crippen MR) is 112 cm³/mol. The van der Waals surface area contributed by atoms with Crippen molar-refractivity contribution in [2.24, 2.45) is 0 Å². The molecule has 28 heavy (non-hydrogen) atoms. The van der Waals surface area contributed by atoms with E-state index in [2.05, 4.69) is 45.2 Å². The molecule has 1 saturated heterocycles. The number of amides is 1. The van der Waals surface area contributed by atoms with Gasteiger partial charge in [-0.2, -0.15) is 0 Å². The first-order valence-corrected chi connectivity index (χ1v) is 10.1. The number of nitrogens with zero attached hydrogens (tertiary/aromatic N) is 2. The third-order valence-electron chi connectivity index (χ3n) is 4.99. The average Bonchev–Trinajstić information content (AvgIpc) is 2.71. The molecular weight excluding hydrogens is 416 g/mol. The lowest BCUT2D eigenvalue weighted by atomic mass is 9.88. The third kappa shape index (κ3) is 4.25. The van der Waals surface area contributed by atoms with Crippen molar-refractivity contribution in [3.05, 3.63) is 94.6 Å². The lowest BCUT2D eigenvalue weighted by molar-refractivity contribution is -0.140. The maximum atomic E-state index is 12.9. The van der Waals surface area contributed by atoms with Crippen LogP contribution in [0.4, 0.5) is 0 Å². The average molecular weight is 437 g/mol. The standard InChI is InChI=1S/C23H21BrN2O2/c24-21-12-7-13-25-23(21)28-19-15-26(16-19)22(27)14-20(17-8-3-1-4-9-17)18-10-5-2-6-11-18/h1-13,19-20H,14-16H2. The maximum Gasteiger partial charge on any atom is 0.228 e. The number of benzene rings is 2. The Morgan fingerprint density at radius 1 is 1.00 bits per heavy atom. The zero-order valence-electron chi connectivity index (χ0n) is 15.4. The van der Waals surface area contributed by atoms with Crippen molar-refractivity contribution in [3.63, 3.8) is 0 Å². The molecule has 3 aromatic rings. The highest BCUT2D eigenvalue weighted by Crippen LogP contribution is 2.30. The van der Waals surface area contributed by atoms with Gasteiger partial charge in [-0.15, -0.1) is 0 Å². The summed E-state index contributed by atoms with van der Waals surface area (Å²) in [6.45, 7) is 1.19. The minimum atomic E-state index is -0.0120. The van der Waals surface area contributed by atoms with E-state index in [1.807, 2.05) is 53.4 Å². The van der Waals surface area contributed by atoms with E-state index in [9.17, 15) is 4.79 Å². The van der Waals surface area contributed by atoms with Gasteiger partial charge in [0.25, 0.3) is 0 Å². The Bertz CT molecular complexity index is 888. The minimum absolute atomic E-state index is 0.0120. The fraction of sp³-hybridized carbons (Fsp3) is 0.217. The van der Waals surface area contributed by atoms with E-state index >= 15 is 0 Å². The minimum Gasteiger partial charge on any atom is -0.470 e. The van der Waals surface area contributed by atoms with Gasteiger partial charge in [0.15, 0.2) is 0 Å².